The summed E-state index contributed by atoms with van der Waals surface area (Å²) in [5.41, 5.74) is 1.05. The van der Waals surface area contributed by atoms with E-state index in [1.54, 1.807) is 6.07 Å². The van der Waals surface area contributed by atoms with Crippen LogP contribution in [0, 0.1) is 0 Å². The first-order chi connectivity index (χ1) is 9.20. The van der Waals surface area contributed by atoms with E-state index in [2.05, 4.69) is 5.32 Å². The molecule has 0 atom stereocenters. The first-order valence-corrected chi connectivity index (χ1v) is 7.80. The van der Waals surface area contributed by atoms with Crippen molar-refractivity contribution in [2.24, 2.45) is 0 Å². The van der Waals surface area contributed by atoms with E-state index in [9.17, 15) is 0 Å². The lowest BCUT2D eigenvalue weighted by atomic mass is 9.95. The fraction of sp³-hybridized carbons (Fsp3) is 0.600. The molecule has 0 spiro atoms. The Kier molecular flexibility index (Phi) is 8.04. The second-order valence-electron chi connectivity index (χ2n) is 5.02. The van der Waals surface area contributed by atoms with E-state index in [4.69, 9.17) is 27.9 Å². The van der Waals surface area contributed by atoms with Crippen LogP contribution in [0.3, 0.4) is 0 Å². The third kappa shape index (κ3) is 5.00. The molecule has 0 saturated heterocycles. The molecule has 1 aliphatic carbocycles. The van der Waals surface area contributed by atoms with Crippen molar-refractivity contribution in [1.29, 1.82) is 0 Å². The van der Waals surface area contributed by atoms with Gasteiger partial charge in [0.25, 0.3) is 0 Å². The largest absolute Gasteiger partial charge is 0.492 e. The Hall–Kier alpha value is -0.150. The smallest absolute Gasteiger partial charge is 0.142 e. The highest BCUT2D eigenvalue weighted by Gasteiger charge is 2.15. The maximum atomic E-state index is 6.20. The molecule has 2 rings (SSSR count). The van der Waals surface area contributed by atoms with Crippen LogP contribution >= 0.6 is 35.6 Å². The van der Waals surface area contributed by atoms with Crippen LogP contribution in [-0.4, -0.2) is 12.6 Å². The van der Waals surface area contributed by atoms with Crippen molar-refractivity contribution in [2.75, 3.05) is 6.61 Å². The third-order valence-corrected chi connectivity index (χ3v) is 4.06. The van der Waals surface area contributed by atoms with Gasteiger partial charge in [0.1, 0.15) is 5.75 Å². The Morgan fingerprint density at radius 3 is 2.55 bits per heavy atom. The SMILES string of the molecule is CCOc1c(Cl)cc(Cl)cc1CNC1CCCCC1.Cl. The van der Waals surface area contributed by atoms with Gasteiger partial charge in [0.05, 0.1) is 11.6 Å². The molecule has 1 fully saturated rings. The van der Waals surface area contributed by atoms with Gasteiger partial charge in [0.2, 0.25) is 0 Å². The van der Waals surface area contributed by atoms with Crippen LogP contribution < -0.4 is 10.1 Å². The van der Waals surface area contributed by atoms with E-state index in [0.29, 0.717) is 22.7 Å². The van der Waals surface area contributed by atoms with Crippen molar-refractivity contribution in [1.82, 2.24) is 5.32 Å². The summed E-state index contributed by atoms with van der Waals surface area (Å²) in [6, 6.07) is 4.29. The van der Waals surface area contributed by atoms with Gasteiger partial charge in [-0.05, 0) is 31.9 Å². The van der Waals surface area contributed by atoms with Crippen LogP contribution in [0.5, 0.6) is 5.75 Å². The molecule has 20 heavy (non-hydrogen) atoms. The molecule has 0 unspecified atom stereocenters. The highest BCUT2D eigenvalue weighted by atomic mass is 35.5. The summed E-state index contributed by atoms with van der Waals surface area (Å²) in [6.07, 6.45) is 6.54. The normalized spacial score (nSPS) is 15.8. The van der Waals surface area contributed by atoms with Gasteiger partial charge in [-0.25, -0.2) is 0 Å². The fourth-order valence-electron chi connectivity index (χ4n) is 2.61. The Labute approximate surface area is 137 Å². The van der Waals surface area contributed by atoms with Crippen LogP contribution in [0.4, 0.5) is 0 Å². The lowest BCUT2D eigenvalue weighted by Crippen LogP contribution is -2.30. The standard InChI is InChI=1S/C15H21Cl2NO.ClH/c1-2-19-15-11(8-12(16)9-14(15)17)10-18-13-6-4-3-5-7-13;/h8-9,13,18H,2-7,10H2,1H3;1H. The molecule has 1 N–H and O–H groups in total. The maximum Gasteiger partial charge on any atom is 0.142 e. The molecule has 0 amide bonds. The lowest BCUT2D eigenvalue weighted by molar-refractivity contribution is 0.330. The van der Waals surface area contributed by atoms with Gasteiger partial charge in [-0.2, -0.15) is 0 Å². The molecule has 1 aliphatic rings. The van der Waals surface area contributed by atoms with Crippen LogP contribution in [0.15, 0.2) is 12.1 Å². The monoisotopic (exact) mass is 337 g/mol. The molecule has 0 aromatic heterocycles. The van der Waals surface area contributed by atoms with Crippen LogP contribution in [0.2, 0.25) is 10.0 Å². The zero-order chi connectivity index (χ0) is 13.7. The van der Waals surface area contributed by atoms with Crippen molar-refractivity contribution < 1.29 is 4.74 Å². The number of halogens is 3. The van der Waals surface area contributed by atoms with E-state index in [1.807, 2.05) is 13.0 Å². The Bertz CT molecular complexity index is 420. The van der Waals surface area contributed by atoms with E-state index >= 15 is 0 Å². The molecule has 0 aliphatic heterocycles. The lowest BCUT2D eigenvalue weighted by Gasteiger charge is -2.23. The summed E-state index contributed by atoms with van der Waals surface area (Å²) < 4.78 is 5.63. The average Bonchev–Trinajstić information content (AvgIpc) is 2.41. The van der Waals surface area contributed by atoms with E-state index in [-0.39, 0.29) is 12.4 Å². The topological polar surface area (TPSA) is 21.3 Å². The highest BCUT2D eigenvalue weighted by molar-refractivity contribution is 6.35. The number of hydrogen-bond donors (Lipinski definition) is 1. The van der Waals surface area contributed by atoms with Gasteiger partial charge < -0.3 is 10.1 Å². The predicted molar refractivity (Wildman–Crippen MR) is 88.6 cm³/mol. The molecule has 2 nitrogen and oxygen atoms in total. The summed E-state index contributed by atoms with van der Waals surface area (Å²) in [6.45, 7) is 3.33. The molecule has 0 radical (unpaired) electrons. The van der Waals surface area contributed by atoms with E-state index < -0.39 is 0 Å². The molecule has 114 valence electrons. The van der Waals surface area contributed by atoms with Crippen molar-refractivity contribution >= 4 is 35.6 Å². The summed E-state index contributed by atoms with van der Waals surface area (Å²) in [5, 5.41) is 4.85. The second kappa shape index (κ2) is 8.99. The zero-order valence-electron chi connectivity index (χ0n) is 11.8. The molecule has 5 heteroatoms. The highest BCUT2D eigenvalue weighted by Crippen LogP contribution is 2.32. The predicted octanol–water partition coefficient (Wildman–Crippen LogP) is 5.24. The number of rotatable bonds is 5. The molecule has 1 saturated carbocycles. The molecular weight excluding hydrogens is 317 g/mol. The van der Waals surface area contributed by atoms with Crippen molar-refractivity contribution in [2.45, 2.75) is 51.6 Å². The number of ether oxygens (including phenoxy) is 1. The van der Waals surface area contributed by atoms with Crippen molar-refractivity contribution in [3.8, 4) is 5.75 Å². The summed E-state index contributed by atoms with van der Waals surface area (Å²) in [5.74, 6) is 0.761. The number of hydrogen-bond acceptors (Lipinski definition) is 2. The van der Waals surface area contributed by atoms with Gasteiger partial charge in [0, 0.05) is 23.2 Å². The molecule has 1 aromatic rings. The first kappa shape index (κ1) is 17.9. The Morgan fingerprint density at radius 1 is 1.20 bits per heavy atom. The van der Waals surface area contributed by atoms with Gasteiger partial charge in [0.15, 0.2) is 0 Å². The summed E-state index contributed by atoms with van der Waals surface area (Å²) >= 11 is 12.3. The Balaban J connectivity index is 0.00000200. The van der Waals surface area contributed by atoms with Crippen LogP contribution in [0.1, 0.15) is 44.6 Å². The van der Waals surface area contributed by atoms with E-state index in [1.165, 1.54) is 32.1 Å². The first-order valence-electron chi connectivity index (χ1n) is 7.04. The zero-order valence-corrected chi connectivity index (χ0v) is 14.1. The number of benzene rings is 1. The molecule has 1 aromatic carbocycles. The van der Waals surface area contributed by atoms with Gasteiger partial charge in [-0.15, -0.1) is 12.4 Å². The molecule has 0 heterocycles. The van der Waals surface area contributed by atoms with Gasteiger partial charge in [-0.3, -0.25) is 0 Å². The summed E-state index contributed by atoms with van der Waals surface area (Å²) in [7, 11) is 0. The van der Waals surface area contributed by atoms with Gasteiger partial charge >= 0.3 is 0 Å². The van der Waals surface area contributed by atoms with Gasteiger partial charge in [-0.1, -0.05) is 42.5 Å². The maximum absolute atomic E-state index is 6.20. The average molecular weight is 339 g/mol. The van der Waals surface area contributed by atoms with Crippen LogP contribution in [0.25, 0.3) is 0 Å². The summed E-state index contributed by atoms with van der Waals surface area (Å²) in [4.78, 5) is 0. The van der Waals surface area contributed by atoms with Crippen molar-refractivity contribution in [3.63, 3.8) is 0 Å². The minimum Gasteiger partial charge on any atom is -0.492 e. The minimum absolute atomic E-state index is 0. The molecular formula is C15H22Cl3NO. The Morgan fingerprint density at radius 2 is 1.90 bits per heavy atom. The second-order valence-corrected chi connectivity index (χ2v) is 5.87. The third-order valence-electron chi connectivity index (χ3n) is 3.56. The van der Waals surface area contributed by atoms with Crippen LogP contribution in [-0.2, 0) is 6.54 Å². The fourth-order valence-corrected chi connectivity index (χ4v) is 3.20. The van der Waals surface area contributed by atoms with Crippen molar-refractivity contribution in [3.05, 3.63) is 27.7 Å². The molecule has 0 bridgehead atoms. The van der Waals surface area contributed by atoms with E-state index in [0.717, 1.165) is 17.9 Å². The number of nitrogens with one attached hydrogen (secondary N) is 1. The minimum atomic E-state index is 0. The quantitative estimate of drug-likeness (QED) is 0.793.